The summed E-state index contributed by atoms with van der Waals surface area (Å²) in [7, 11) is -2.28. The van der Waals surface area contributed by atoms with Gasteiger partial charge in [0, 0.05) is 28.3 Å². The summed E-state index contributed by atoms with van der Waals surface area (Å²) in [5.74, 6) is -1.21. The van der Waals surface area contributed by atoms with E-state index in [1.54, 1.807) is 48.5 Å². The summed E-state index contributed by atoms with van der Waals surface area (Å²) in [5.41, 5.74) is 0.381. The Balaban J connectivity index is 2.41. The van der Waals surface area contributed by atoms with Crippen molar-refractivity contribution < 1.29 is 19.0 Å². The van der Waals surface area contributed by atoms with Crippen LogP contribution in [0.4, 0.5) is 0 Å². The molecule has 1 heterocycles. The second-order valence-corrected chi connectivity index (χ2v) is 7.78. The van der Waals surface area contributed by atoms with Crippen molar-refractivity contribution in [3.63, 3.8) is 0 Å². The van der Waals surface area contributed by atoms with E-state index in [9.17, 15) is 14.5 Å². The van der Waals surface area contributed by atoms with Gasteiger partial charge in [0.25, 0.3) is 7.37 Å². The molecule has 2 aromatic carbocycles. The summed E-state index contributed by atoms with van der Waals surface area (Å²) in [6.45, 7) is 0. The molecule has 0 saturated carbocycles. The first-order chi connectivity index (χ1) is 11.0. The molecule has 118 valence electrons. The van der Waals surface area contributed by atoms with Gasteiger partial charge in [-0.15, -0.1) is 0 Å². The second kappa shape index (κ2) is 5.85. The summed E-state index contributed by atoms with van der Waals surface area (Å²) in [6, 6.07) is 13.4. The standard InChI is InChI=1S/C16H13ClNO4P/c1-22-23(21,11-5-3-2-4-6-11)15-12-9-10(17)7-8-13(12)18-14(15)16(19)20/h2-9,18H,1H3,(H,19,20). The number of halogens is 1. The molecule has 0 spiro atoms. The van der Waals surface area contributed by atoms with Crippen molar-refractivity contribution in [1.82, 2.24) is 4.98 Å². The Hall–Kier alpha value is -2.07. The van der Waals surface area contributed by atoms with Crippen molar-refractivity contribution in [3.8, 4) is 0 Å². The molecule has 2 N–H and O–H groups in total. The zero-order valence-electron chi connectivity index (χ0n) is 12.1. The quantitative estimate of drug-likeness (QED) is 0.708. The molecular weight excluding hydrogens is 337 g/mol. The van der Waals surface area contributed by atoms with E-state index < -0.39 is 13.3 Å². The van der Waals surface area contributed by atoms with Gasteiger partial charge in [0.05, 0.1) is 5.30 Å². The maximum absolute atomic E-state index is 13.5. The molecule has 0 amide bonds. The number of aromatic nitrogens is 1. The maximum Gasteiger partial charge on any atom is 0.353 e. The molecule has 3 aromatic rings. The fourth-order valence-corrected chi connectivity index (χ4v) is 4.90. The number of hydrogen-bond acceptors (Lipinski definition) is 3. The number of carboxylic acids is 1. The zero-order chi connectivity index (χ0) is 16.6. The first-order valence-electron chi connectivity index (χ1n) is 6.74. The summed E-state index contributed by atoms with van der Waals surface area (Å²) in [6.07, 6.45) is 0. The van der Waals surface area contributed by atoms with Crippen molar-refractivity contribution in [2.24, 2.45) is 0 Å². The number of fused-ring (bicyclic) bond motifs is 1. The van der Waals surface area contributed by atoms with Crippen LogP contribution in [0.3, 0.4) is 0 Å². The molecule has 0 fully saturated rings. The van der Waals surface area contributed by atoms with Crippen molar-refractivity contribution in [3.05, 3.63) is 59.2 Å². The predicted molar refractivity (Wildman–Crippen MR) is 90.6 cm³/mol. The lowest BCUT2D eigenvalue weighted by Gasteiger charge is -2.17. The lowest BCUT2D eigenvalue weighted by Crippen LogP contribution is -2.22. The molecular formula is C16H13ClNO4P. The Bertz CT molecular complexity index is 936. The third-order valence-electron chi connectivity index (χ3n) is 3.59. The highest BCUT2D eigenvalue weighted by molar-refractivity contribution is 7.75. The number of carboxylic acid groups (broad SMARTS) is 1. The molecule has 1 unspecified atom stereocenters. The van der Waals surface area contributed by atoms with Crippen LogP contribution in [-0.2, 0) is 9.09 Å². The Morgan fingerprint density at radius 3 is 2.52 bits per heavy atom. The van der Waals surface area contributed by atoms with E-state index >= 15 is 0 Å². The minimum absolute atomic E-state index is 0.121. The Labute approximate surface area is 137 Å². The van der Waals surface area contributed by atoms with E-state index in [0.29, 0.717) is 21.2 Å². The highest BCUT2D eigenvalue weighted by atomic mass is 35.5. The largest absolute Gasteiger partial charge is 0.477 e. The van der Waals surface area contributed by atoms with Crippen LogP contribution in [0, 0.1) is 0 Å². The Morgan fingerprint density at radius 1 is 1.22 bits per heavy atom. The number of aromatic amines is 1. The first-order valence-corrected chi connectivity index (χ1v) is 8.74. The summed E-state index contributed by atoms with van der Waals surface area (Å²) >= 11 is 6.03. The Morgan fingerprint density at radius 2 is 1.91 bits per heavy atom. The monoisotopic (exact) mass is 349 g/mol. The first kappa shape index (κ1) is 15.8. The van der Waals surface area contributed by atoms with Gasteiger partial charge in [-0.25, -0.2) is 4.79 Å². The molecule has 0 aliphatic rings. The van der Waals surface area contributed by atoms with Gasteiger partial charge in [0.2, 0.25) is 0 Å². The van der Waals surface area contributed by atoms with Gasteiger partial charge in [-0.2, -0.15) is 0 Å². The van der Waals surface area contributed by atoms with E-state index in [1.165, 1.54) is 7.11 Å². The normalized spacial score (nSPS) is 13.8. The van der Waals surface area contributed by atoms with Crippen LogP contribution in [0.1, 0.15) is 10.5 Å². The summed E-state index contributed by atoms with van der Waals surface area (Å²) in [4.78, 5) is 14.4. The summed E-state index contributed by atoms with van der Waals surface area (Å²) in [5, 5.41) is 10.9. The molecule has 1 atom stereocenters. The fourth-order valence-electron chi connectivity index (χ4n) is 2.56. The van der Waals surface area contributed by atoms with Crippen LogP contribution >= 0.6 is 19.0 Å². The average molecular weight is 350 g/mol. The molecule has 23 heavy (non-hydrogen) atoms. The highest BCUT2D eigenvalue weighted by Gasteiger charge is 2.35. The predicted octanol–water partition coefficient (Wildman–Crippen LogP) is 3.39. The third kappa shape index (κ3) is 2.57. The number of benzene rings is 2. The molecule has 3 rings (SSSR count). The van der Waals surface area contributed by atoms with Gasteiger partial charge in [0.15, 0.2) is 0 Å². The van der Waals surface area contributed by atoms with Gasteiger partial charge in [-0.1, -0.05) is 29.8 Å². The Kier molecular flexibility index (Phi) is 4.02. The van der Waals surface area contributed by atoms with E-state index in [0.717, 1.165) is 0 Å². The fraction of sp³-hybridized carbons (Fsp3) is 0.0625. The topological polar surface area (TPSA) is 79.4 Å². The van der Waals surface area contributed by atoms with E-state index in [4.69, 9.17) is 16.1 Å². The van der Waals surface area contributed by atoms with E-state index in [1.807, 2.05) is 0 Å². The zero-order valence-corrected chi connectivity index (χ0v) is 13.8. The molecule has 7 heteroatoms. The average Bonchev–Trinajstić information content (AvgIpc) is 2.94. The second-order valence-electron chi connectivity index (χ2n) is 4.91. The van der Waals surface area contributed by atoms with Crippen LogP contribution in [0.2, 0.25) is 5.02 Å². The number of H-pyrrole nitrogens is 1. The summed E-state index contributed by atoms with van der Waals surface area (Å²) < 4.78 is 18.9. The van der Waals surface area contributed by atoms with E-state index in [-0.39, 0.29) is 11.0 Å². The van der Waals surface area contributed by atoms with Crippen LogP contribution in [0.25, 0.3) is 10.9 Å². The maximum atomic E-state index is 13.5. The van der Waals surface area contributed by atoms with Crippen LogP contribution in [0.5, 0.6) is 0 Å². The third-order valence-corrected chi connectivity index (χ3v) is 6.38. The van der Waals surface area contributed by atoms with Crippen molar-refractivity contribution in [2.45, 2.75) is 0 Å². The van der Waals surface area contributed by atoms with Gasteiger partial charge < -0.3 is 14.6 Å². The van der Waals surface area contributed by atoms with Crippen molar-refractivity contribution >= 4 is 46.5 Å². The van der Waals surface area contributed by atoms with Crippen molar-refractivity contribution in [2.75, 3.05) is 7.11 Å². The smallest absolute Gasteiger partial charge is 0.353 e. The van der Waals surface area contributed by atoms with Crippen LogP contribution in [0.15, 0.2) is 48.5 Å². The van der Waals surface area contributed by atoms with Gasteiger partial charge in [-0.3, -0.25) is 4.57 Å². The molecule has 0 radical (unpaired) electrons. The van der Waals surface area contributed by atoms with Crippen LogP contribution in [-0.4, -0.2) is 23.2 Å². The van der Waals surface area contributed by atoms with E-state index in [2.05, 4.69) is 4.98 Å². The van der Waals surface area contributed by atoms with Crippen LogP contribution < -0.4 is 10.6 Å². The SMILES string of the molecule is COP(=O)(c1ccccc1)c1c(C(=O)O)[nH]c2ccc(Cl)cc12. The number of hydrogen-bond donors (Lipinski definition) is 2. The lowest BCUT2D eigenvalue weighted by atomic mass is 10.2. The number of nitrogens with one attached hydrogen (secondary N) is 1. The molecule has 0 aliphatic carbocycles. The van der Waals surface area contributed by atoms with Crippen molar-refractivity contribution in [1.29, 1.82) is 0 Å². The highest BCUT2D eigenvalue weighted by Crippen LogP contribution is 2.47. The number of aromatic carboxylic acids is 1. The molecule has 0 bridgehead atoms. The van der Waals surface area contributed by atoms with Gasteiger partial charge >= 0.3 is 5.97 Å². The molecule has 0 saturated heterocycles. The molecule has 0 aliphatic heterocycles. The molecule has 1 aromatic heterocycles. The van der Waals surface area contributed by atoms with Gasteiger partial charge in [0.1, 0.15) is 5.69 Å². The number of carbonyl (C=O) groups is 1. The van der Waals surface area contributed by atoms with Gasteiger partial charge in [-0.05, 0) is 30.3 Å². The minimum atomic E-state index is -3.58. The minimum Gasteiger partial charge on any atom is -0.477 e. The number of rotatable bonds is 4. The lowest BCUT2D eigenvalue weighted by molar-refractivity contribution is 0.0692. The molecule has 5 nitrogen and oxygen atoms in total.